The predicted molar refractivity (Wildman–Crippen MR) is 51.1 cm³/mol. The summed E-state index contributed by atoms with van der Waals surface area (Å²) in [4.78, 5) is 4.05. The van der Waals surface area contributed by atoms with Crippen molar-refractivity contribution >= 4 is 5.82 Å². The molecule has 0 aliphatic heterocycles. The van der Waals surface area contributed by atoms with E-state index in [2.05, 4.69) is 10.3 Å². The molecule has 0 spiro atoms. The molecule has 1 atom stereocenters. The molecule has 1 heterocycles. The molecule has 13 heavy (non-hydrogen) atoms. The first kappa shape index (κ1) is 9.49. The maximum Gasteiger partial charge on any atom is 0.142 e. The molecule has 0 aliphatic carbocycles. The van der Waals surface area contributed by atoms with Crippen molar-refractivity contribution in [3.63, 3.8) is 0 Å². The number of nitrogens with one attached hydrogen (secondary N) is 1. The molecule has 0 saturated carbocycles. The number of anilines is 1. The summed E-state index contributed by atoms with van der Waals surface area (Å²) in [5, 5.41) is 11.7. The summed E-state index contributed by atoms with van der Waals surface area (Å²) in [6.45, 7) is 2.50. The quantitative estimate of drug-likeness (QED) is 0.711. The van der Waals surface area contributed by atoms with Gasteiger partial charge in [-0.1, -0.05) is 6.07 Å². The third-order valence-electron chi connectivity index (χ3n) is 1.61. The van der Waals surface area contributed by atoms with Crippen LogP contribution in [0.1, 0.15) is 12.6 Å². The van der Waals surface area contributed by atoms with Gasteiger partial charge < -0.3 is 11.1 Å². The van der Waals surface area contributed by atoms with Crippen LogP contribution in [0.5, 0.6) is 0 Å². The Morgan fingerprint density at radius 3 is 3.08 bits per heavy atom. The molecule has 0 bridgehead atoms. The maximum atomic E-state index is 8.59. The Morgan fingerprint density at radius 2 is 2.46 bits per heavy atom. The van der Waals surface area contributed by atoms with Crippen LogP contribution in [-0.4, -0.2) is 17.6 Å². The van der Waals surface area contributed by atoms with Crippen LogP contribution in [0.4, 0.5) is 5.82 Å². The summed E-state index contributed by atoms with van der Waals surface area (Å²) in [7, 11) is 0. The lowest BCUT2D eigenvalue weighted by Crippen LogP contribution is -2.25. The molecular weight excluding hydrogens is 164 g/mol. The molecule has 1 aromatic heterocycles. The third kappa shape index (κ3) is 2.73. The van der Waals surface area contributed by atoms with Gasteiger partial charge in [-0.3, -0.25) is 0 Å². The molecule has 68 valence electrons. The predicted octanol–water partition coefficient (Wildman–Crippen LogP) is 0.712. The molecule has 0 saturated heterocycles. The Morgan fingerprint density at radius 1 is 1.69 bits per heavy atom. The van der Waals surface area contributed by atoms with Gasteiger partial charge in [-0.15, -0.1) is 0 Å². The minimum absolute atomic E-state index is 0.168. The second-order valence-corrected chi connectivity index (χ2v) is 2.80. The lowest BCUT2D eigenvalue weighted by molar-refractivity contribution is 0.798. The van der Waals surface area contributed by atoms with Crippen molar-refractivity contribution < 1.29 is 0 Å². The Balaban J connectivity index is 2.73. The fourth-order valence-corrected chi connectivity index (χ4v) is 0.889. The van der Waals surface area contributed by atoms with E-state index in [9.17, 15) is 0 Å². The van der Waals surface area contributed by atoms with E-state index in [1.807, 2.05) is 19.1 Å². The zero-order chi connectivity index (χ0) is 9.68. The minimum Gasteiger partial charge on any atom is -0.366 e. The second kappa shape index (κ2) is 4.43. The highest BCUT2D eigenvalue weighted by atomic mass is 15.0. The van der Waals surface area contributed by atoms with Crippen LogP contribution in [0.3, 0.4) is 0 Å². The highest BCUT2D eigenvalue weighted by molar-refractivity contribution is 5.39. The van der Waals surface area contributed by atoms with Gasteiger partial charge in [0.05, 0.1) is 0 Å². The summed E-state index contributed by atoms with van der Waals surface area (Å²) >= 11 is 0. The van der Waals surface area contributed by atoms with Gasteiger partial charge in [-0.2, -0.15) is 5.26 Å². The van der Waals surface area contributed by atoms with E-state index in [1.54, 1.807) is 12.1 Å². The van der Waals surface area contributed by atoms with Crippen molar-refractivity contribution in [1.82, 2.24) is 4.98 Å². The Labute approximate surface area is 77.4 Å². The zero-order valence-electron chi connectivity index (χ0n) is 7.49. The Kier molecular flexibility index (Phi) is 3.23. The van der Waals surface area contributed by atoms with Gasteiger partial charge in [0.15, 0.2) is 0 Å². The van der Waals surface area contributed by atoms with E-state index in [0.29, 0.717) is 18.1 Å². The average molecular weight is 176 g/mol. The first-order valence-corrected chi connectivity index (χ1v) is 4.10. The van der Waals surface area contributed by atoms with Crippen molar-refractivity contribution in [3.8, 4) is 6.07 Å². The molecule has 0 amide bonds. The molecule has 0 radical (unpaired) electrons. The number of pyridine rings is 1. The molecule has 0 fully saturated rings. The lowest BCUT2D eigenvalue weighted by atomic mass is 10.3. The SMILES string of the molecule is CC(CN)Nc1cccc(C#N)n1. The van der Waals surface area contributed by atoms with Crippen LogP contribution >= 0.6 is 0 Å². The number of rotatable bonds is 3. The zero-order valence-corrected chi connectivity index (χ0v) is 7.49. The molecule has 0 aliphatic rings. The molecule has 1 rings (SSSR count). The second-order valence-electron chi connectivity index (χ2n) is 2.80. The molecule has 1 unspecified atom stereocenters. The molecule has 3 N–H and O–H groups in total. The smallest absolute Gasteiger partial charge is 0.142 e. The first-order chi connectivity index (χ1) is 6.26. The van der Waals surface area contributed by atoms with Crippen LogP contribution in [0, 0.1) is 11.3 Å². The van der Waals surface area contributed by atoms with Crippen LogP contribution in [0.25, 0.3) is 0 Å². The van der Waals surface area contributed by atoms with Crippen LogP contribution in [0.15, 0.2) is 18.2 Å². The van der Waals surface area contributed by atoms with Gasteiger partial charge in [0, 0.05) is 12.6 Å². The highest BCUT2D eigenvalue weighted by Gasteiger charge is 2.00. The third-order valence-corrected chi connectivity index (χ3v) is 1.61. The van der Waals surface area contributed by atoms with Gasteiger partial charge in [-0.05, 0) is 19.1 Å². The topological polar surface area (TPSA) is 74.7 Å². The van der Waals surface area contributed by atoms with E-state index >= 15 is 0 Å². The largest absolute Gasteiger partial charge is 0.366 e. The van der Waals surface area contributed by atoms with Crippen molar-refractivity contribution in [2.75, 3.05) is 11.9 Å². The fourth-order valence-electron chi connectivity index (χ4n) is 0.889. The normalized spacial score (nSPS) is 11.8. The summed E-state index contributed by atoms with van der Waals surface area (Å²) in [5.41, 5.74) is 5.85. The summed E-state index contributed by atoms with van der Waals surface area (Å²) in [6.07, 6.45) is 0. The van der Waals surface area contributed by atoms with Crippen molar-refractivity contribution in [1.29, 1.82) is 5.26 Å². The first-order valence-electron chi connectivity index (χ1n) is 4.10. The molecular formula is C9H12N4. The molecule has 4 nitrogen and oxygen atoms in total. The number of nitrogens with zero attached hydrogens (tertiary/aromatic N) is 2. The average Bonchev–Trinajstić information content (AvgIpc) is 2.18. The van der Waals surface area contributed by atoms with Crippen molar-refractivity contribution in [2.45, 2.75) is 13.0 Å². The Bertz CT molecular complexity index is 316. The molecule has 1 aromatic rings. The van der Waals surface area contributed by atoms with Gasteiger partial charge in [0.2, 0.25) is 0 Å². The number of hydrogen-bond donors (Lipinski definition) is 2. The Hall–Kier alpha value is -1.60. The van der Waals surface area contributed by atoms with Crippen molar-refractivity contribution in [2.24, 2.45) is 5.73 Å². The summed E-state index contributed by atoms with van der Waals surface area (Å²) in [5.74, 6) is 0.692. The van der Waals surface area contributed by atoms with E-state index in [0.717, 1.165) is 0 Å². The molecule has 0 aromatic carbocycles. The lowest BCUT2D eigenvalue weighted by Gasteiger charge is -2.11. The summed E-state index contributed by atoms with van der Waals surface area (Å²) in [6, 6.07) is 7.41. The van der Waals surface area contributed by atoms with Crippen LogP contribution < -0.4 is 11.1 Å². The molecule has 4 heteroatoms. The van der Waals surface area contributed by atoms with Gasteiger partial charge >= 0.3 is 0 Å². The summed E-state index contributed by atoms with van der Waals surface area (Å²) < 4.78 is 0. The van der Waals surface area contributed by atoms with E-state index in [-0.39, 0.29) is 6.04 Å². The number of aromatic nitrogens is 1. The number of hydrogen-bond acceptors (Lipinski definition) is 4. The number of nitrogens with two attached hydrogens (primary N) is 1. The number of nitriles is 1. The van der Waals surface area contributed by atoms with Crippen LogP contribution in [-0.2, 0) is 0 Å². The minimum atomic E-state index is 0.168. The monoisotopic (exact) mass is 176 g/mol. The maximum absolute atomic E-state index is 8.59. The van der Waals surface area contributed by atoms with Crippen molar-refractivity contribution in [3.05, 3.63) is 23.9 Å². The van der Waals surface area contributed by atoms with E-state index in [4.69, 9.17) is 11.0 Å². The van der Waals surface area contributed by atoms with Gasteiger partial charge in [0.1, 0.15) is 17.6 Å². The van der Waals surface area contributed by atoms with Crippen LogP contribution in [0.2, 0.25) is 0 Å². The van der Waals surface area contributed by atoms with E-state index < -0.39 is 0 Å². The van der Waals surface area contributed by atoms with Gasteiger partial charge in [-0.25, -0.2) is 4.98 Å². The fraction of sp³-hybridized carbons (Fsp3) is 0.333. The van der Waals surface area contributed by atoms with E-state index in [1.165, 1.54) is 0 Å². The standard InChI is InChI=1S/C9H12N4/c1-7(5-10)12-9-4-2-3-8(6-11)13-9/h2-4,7H,5,10H2,1H3,(H,12,13). The highest BCUT2D eigenvalue weighted by Crippen LogP contribution is 2.04. The van der Waals surface area contributed by atoms with Gasteiger partial charge in [0.25, 0.3) is 0 Å².